The molecule has 1 atom stereocenters. The summed E-state index contributed by atoms with van der Waals surface area (Å²) >= 11 is 7.53. The highest BCUT2D eigenvalue weighted by Crippen LogP contribution is 2.23. The minimum atomic E-state index is 0.189. The van der Waals surface area contributed by atoms with Crippen LogP contribution in [0.4, 0.5) is 0 Å². The Morgan fingerprint density at radius 1 is 1.60 bits per heavy atom. The van der Waals surface area contributed by atoms with E-state index in [1.807, 2.05) is 6.07 Å². The Morgan fingerprint density at radius 3 is 3.13 bits per heavy atom. The zero-order valence-corrected chi connectivity index (χ0v) is 10.1. The van der Waals surface area contributed by atoms with Crippen LogP contribution in [0.15, 0.2) is 12.1 Å². The Hall–Kier alpha value is -0.130. The molecule has 3 nitrogen and oxygen atoms in total. The van der Waals surface area contributed by atoms with E-state index in [0.29, 0.717) is 6.54 Å². The SMILES string of the molecule is NCC1CN(Cc2ccc(Cl)s2)CCO1. The highest BCUT2D eigenvalue weighted by atomic mass is 35.5. The van der Waals surface area contributed by atoms with Crippen LogP contribution in [-0.2, 0) is 11.3 Å². The maximum Gasteiger partial charge on any atom is 0.0931 e. The minimum absolute atomic E-state index is 0.189. The summed E-state index contributed by atoms with van der Waals surface area (Å²) in [6, 6.07) is 4.03. The number of nitrogens with zero attached hydrogens (tertiary/aromatic N) is 1. The fourth-order valence-electron chi connectivity index (χ4n) is 1.72. The number of hydrogen-bond donors (Lipinski definition) is 1. The molecule has 0 spiro atoms. The van der Waals surface area contributed by atoms with Crippen LogP contribution in [0.1, 0.15) is 4.88 Å². The molecule has 2 N–H and O–H groups in total. The summed E-state index contributed by atoms with van der Waals surface area (Å²) in [7, 11) is 0. The molecule has 1 fully saturated rings. The van der Waals surface area contributed by atoms with Gasteiger partial charge < -0.3 is 10.5 Å². The second-order valence-corrected chi connectivity index (χ2v) is 5.47. The smallest absolute Gasteiger partial charge is 0.0931 e. The molecule has 2 heterocycles. The Balaban J connectivity index is 1.88. The topological polar surface area (TPSA) is 38.5 Å². The lowest BCUT2D eigenvalue weighted by Crippen LogP contribution is -2.44. The van der Waals surface area contributed by atoms with Crippen molar-refractivity contribution in [3.05, 3.63) is 21.3 Å². The van der Waals surface area contributed by atoms with Gasteiger partial charge in [0.25, 0.3) is 0 Å². The molecule has 1 aliphatic rings. The lowest BCUT2D eigenvalue weighted by atomic mass is 10.2. The van der Waals surface area contributed by atoms with Crippen LogP contribution in [-0.4, -0.2) is 37.2 Å². The largest absolute Gasteiger partial charge is 0.374 e. The van der Waals surface area contributed by atoms with Crippen LogP contribution < -0.4 is 5.73 Å². The van der Waals surface area contributed by atoms with E-state index >= 15 is 0 Å². The number of halogens is 1. The van der Waals surface area contributed by atoms with Gasteiger partial charge in [-0.25, -0.2) is 0 Å². The van der Waals surface area contributed by atoms with Gasteiger partial charge in [0.2, 0.25) is 0 Å². The Kier molecular flexibility index (Phi) is 3.99. The van der Waals surface area contributed by atoms with Gasteiger partial charge >= 0.3 is 0 Å². The molecular formula is C10H15ClN2OS. The lowest BCUT2D eigenvalue weighted by molar-refractivity contribution is -0.0257. The van der Waals surface area contributed by atoms with Crippen LogP contribution in [0, 0.1) is 0 Å². The summed E-state index contributed by atoms with van der Waals surface area (Å²) < 4.78 is 6.37. The maximum atomic E-state index is 5.89. The molecule has 0 radical (unpaired) electrons. The molecule has 15 heavy (non-hydrogen) atoms. The van der Waals surface area contributed by atoms with Gasteiger partial charge in [-0.05, 0) is 12.1 Å². The first kappa shape index (κ1) is 11.4. The molecular weight excluding hydrogens is 232 g/mol. The molecule has 0 saturated carbocycles. The third-order valence-corrected chi connectivity index (χ3v) is 3.71. The van der Waals surface area contributed by atoms with E-state index in [2.05, 4.69) is 11.0 Å². The zero-order chi connectivity index (χ0) is 10.7. The summed E-state index contributed by atoms with van der Waals surface area (Å²) in [4.78, 5) is 3.67. The van der Waals surface area contributed by atoms with Crippen molar-refractivity contribution in [1.29, 1.82) is 0 Å². The van der Waals surface area contributed by atoms with Gasteiger partial charge in [0.05, 0.1) is 17.0 Å². The molecule has 2 rings (SSSR count). The molecule has 0 amide bonds. The average molecular weight is 247 g/mol. The summed E-state index contributed by atoms with van der Waals surface area (Å²) in [6.07, 6.45) is 0.189. The average Bonchev–Trinajstić information content (AvgIpc) is 2.64. The number of thiophene rings is 1. The predicted molar refractivity (Wildman–Crippen MR) is 63.4 cm³/mol. The molecule has 0 bridgehead atoms. The molecule has 1 aromatic heterocycles. The van der Waals surface area contributed by atoms with Gasteiger partial charge in [-0.15, -0.1) is 11.3 Å². The third-order valence-electron chi connectivity index (χ3n) is 2.49. The normalized spacial score (nSPS) is 23.2. The monoisotopic (exact) mass is 246 g/mol. The Labute approximate surface area is 98.8 Å². The quantitative estimate of drug-likeness (QED) is 0.880. The molecule has 1 saturated heterocycles. The van der Waals surface area contributed by atoms with E-state index in [-0.39, 0.29) is 6.10 Å². The predicted octanol–water partition coefficient (Wildman–Crippen LogP) is 1.56. The maximum absolute atomic E-state index is 5.89. The van der Waals surface area contributed by atoms with Crippen LogP contribution >= 0.6 is 22.9 Å². The van der Waals surface area contributed by atoms with Crippen molar-refractivity contribution in [2.24, 2.45) is 5.73 Å². The summed E-state index contributed by atoms with van der Waals surface area (Å²) in [6.45, 7) is 4.23. The number of hydrogen-bond acceptors (Lipinski definition) is 4. The van der Waals surface area contributed by atoms with Gasteiger partial charge in [-0.3, -0.25) is 4.90 Å². The van der Waals surface area contributed by atoms with Gasteiger partial charge in [-0.1, -0.05) is 11.6 Å². The van der Waals surface area contributed by atoms with Crippen molar-refractivity contribution < 1.29 is 4.74 Å². The standard InChI is InChI=1S/C10H15ClN2OS/c11-10-2-1-9(15-10)7-13-3-4-14-8(5-12)6-13/h1-2,8H,3-7,12H2. The fraction of sp³-hybridized carbons (Fsp3) is 0.600. The summed E-state index contributed by atoms with van der Waals surface area (Å²) in [5.41, 5.74) is 5.59. The second kappa shape index (κ2) is 5.27. The fourth-order valence-corrected chi connectivity index (χ4v) is 2.85. The van der Waals surface area contributed by atoms with Crippen molar-refractivity contribution >= 4 is 22.9 Å². The number of morpholine rings is 1. The lowest BCUT2D eigenvalue weighted by Gasteiger charge is -2.31. The van der Waals surface area contributed by atoms with Gasteiger partial charge in [0, 0.05) is 31.1 Å². The summed E-state index contributed by atoms with van der Waals surface area (Å²) in [5, 5.41) is 0. The van der Waals surface area contributed by atoms with E-state index in [0.717, 1.165) is 30.6 Å². The van der Waals surface area contributed by atoms with Crippen molar-refractivity contribution in [2.45, 2.75) is 12.6 Å². The number of rotatable bonds is 3. The highest BCUT2D eigenvalue weighted by molar-refractivity contribution is 7.16. The van der Waals surface area contributed by atoms with Crippen molar-refractivity contribution in [3.63, 3.8) is 0 Å². The van der Waals surface area contributed by atoms with Crippen molar-refractivity contribution in [3.8, 4) is 0 Å². The Morgan fingerprint density at radius 2 is 2.47 bits per heavy atom. The van der Waals surface area contributed by atoms with Crippen LogP contribution in [0.25, 0.3) is 0 Å². The first-order valence-corrected chi connectivity index (χ1v) is 6.25. The summed E-state index contributed by atoms with van der Waals surface area (Å²) in [5.74, 6) is 0. The molecule has 1 unspecified atom stereocenters. The molecule has 1 aromatic rings. The first-order chi connectivity index (χ1) is 7.28. The van der Waals surface area contributed by atoms with E-state index in [1.54, 1.807) is 11.3 Å². The van der Waals surface area contributed by atoms with Crippen molar-refractivity contribution in [2.75, 3.05) is 26.2 Å². The second-order valence-electron chi connectivity index (χ2n) is 3.67. The molecule has 0 aromatic carbocycles. The van der Waals surface area contributed by atoms with Crippen LogP contribution in [0.5, 0.6) is 0 Å². The number of nitrogens with two attached hydrogens (primary N) is 1. The van der Waals surface area contributed by atoms with Crippen LogP contribution in [0.2, 0.25) is 4.34 Å². The van der Waals surface area contributed by atoms with Gasteiger partial charge in [0.1, 0.15) is 0 Å². The molecule has 5 heteroatoms. The van der Waals surface area contributed by atoms with Gasteiger partial charge in [0.15, 0.2) is 0 Å². The third kappa shape index (κ3) is 3.16. The molecule has 84 valence electrons. The minimum Gasteiger partial charge on any atom is -0.374 e. The number of ether oxygens (including phenoxy) is 1. The van der Waals surface area contributed by atoms with Crippen LogP contribution in [0.3, 0.4) is 0 Å². The molecule has 1 aliphatic heterocycles. The highest BCUT2D eigenvalue weighted by Gasteiger charge is 2.19. The van der Waals surface area contributed by atoms with Gasteiger partial charge in [-0.2, -0.15) is 0 Å². The van der Waals surface area contributed by atoms with E-state index in [1.165, 1.54) is 4.88 Å². The van der Waals surface area contributed by atoms with E-state index < -0.39 is 0 Å². The van der Waals surface area contributed by atoms with Crippen molar-refractivity contribution in [1.82, 2.24) is 4.90 Å². The Bertz CT molecular complexity index is 318. The molecule has 0 aliphatic carbocycles. The first-order valence-electron chi connectivity index (χ1n) is 5.06. The zero-order valence-electron chi connectivity index (χ0n) is 8.49. The van der Waals surface area contributed by atoms with E-state index in [9.17, 15) is 0 Å². The van der Waals surface area contributed by atoms with E-state index in [4.69, 9.17) is 22.1 Å².